The summed E-state index contributed by atoms with van der Waals surface area (Å²) in [5.41, 5.74) is 1.23. The Morgan fingerprint density at radius 2 is 2.00 bits per heavy atom. The lowest BCUT2D eigenvalue weighted by Crippen LogP contribution is -2.20. The average Bonchev–Trinajstić information content (AvgIpc) is 2.11. The first-order valence-electron chi connectivity index (χ1n) is 5.31. The van der Waals surface area contributed by atoms with Gasteiger partial charge in [0.1, 0.15) is 0 Å². The Bertz CT molecular complexity index is 140. The predicted octanol–water partition coefficient (Wildman–Crippen LogP) is 3.79. The van der Waals surface area contributed by atoms with Crippen molar-refractivity contribution in [2.75, 3.05) is 7.11 Å². The van der Waals surface area contributed by atoms with E-state index in [-0.39, 0.29) is 0 Å². The summed E-state index contributed by atoms with van der Waals surface area (Å²) in [6.45, 7) is 10.5. The van der Waals surface area contributed by atoms with Crippen molar-refractivity contribution in [2.24, 2.45) is 5.92 Å². The molecule has 78 valence electrons. The molecule has 0 unspecified atom stereocenters. The summed E-state index contributed by atoms with van der Waals surface area (Å²) in [5, 5.41) is 0. The second-order valence-corrected chi connectivity index (χ2v) is 3.90. The van der Waals surface area contributed by atoms with Gasteiger partial charge in [0.05, 0.1) is 6.10 Å². The van der Waals surface area contributed by atoms with Crippen LogP contribution in [0, 0.1) is 5.92 Å². The molecule has 0 aromatic carbocycles. The van der Waals surface area contributed by atoms with Gasteiger partial charge >= 0.3 is 0 Å². The molecule has 0 aromatic heterocycles. The molecule has 0 saturated heterocycles. The number of ether oxygens (including phenoxy) is 1. The molecule has 0 aliphatic rings. The van der Waals surface area contributed by atoms with Crippen LogP contribution in [0.3, 0.4) is 0 Å². The first-order valence-corrected chi connectivity index (χ1v) is 5.31. The SMILES string of the molecule is C=C(C)[C@@H](C)[C@H](CCCCC)OC. The third-order valence-corrected chi connectivity index (χ3v) is 2.73. The molecule has 0 fully saturated rings. The van der Waals surface area contributed by atoms with Gasteiger partial charge < -0.3 is 4.74 Å². The minimum Gasteiger partial charge on any atom is -0.381 e. The van der Waals surface area contributed by atoms with Gasteiger partial charge in [-0.1, -0.05) is 45.3 Å². The quantitative estimate of drug-likeness (QED) is 0.432. The van der Waals surface area contributed by atoms with E-state index in [4.69, 9.17) is 4.74 Å². The third-order valence-electron chi connectivity index (χ3n) is 2.73. The number of methoxy groups -OCH3 is 1. The summed E-state index contributed by atoms with van der Waals surface area (Å²) in [6.07, 6.45) is 5.38. The van der Waals surface area contributed by atoms with Crippen molar-refractivity contribution < 1.29 is 4.74 Å². The smallest absolute Gasteiger partial charge is 0.0633 e. The molecule has 2 atom stereocenters. The fraction of sp³-hybridized carbons (Fsp3) is 0.833. The van der Waals surface area contributed by atoms with Crippen LogP contribution in [0.1, 0.15) is 46.5 Å². The molecule has 0 radical (unpaired) electrons. The molecule has 1 heteroatoms. The van der Waals surface area contributed by atoms with Gasteiger partial charge in [0, 0.05) is 13.0 Å². The molecule has 0 bridgehead atoms. The zero-order valence-electron chi connectivity index (χ0n) is 9.60. The van der Waals surface area contributed by atoms with Crippen molar-refractivity contribution in [2.45, 2.75) is 52.6 Å². The fourth-order valence-corrected chi connectivity index (χ4v) is 1.48. The van der Waals surface area contributed by atoms with Crippen LogP contribution in [0.15, 0.2) is 12.2 Å². The highest BCUT2D eigenvalue weighted by Crippen LogP contribution is 2.20. The van der Waals surface area contributed by atoms with Gasteiger partial charge in [0.25, 0.3) is 0 Å². The van der Waals surface area contributed by atoms with E-state index in [1.54, 1.807) is 7.11 Å². The molecule has 0 spiro atoms. The Labute approximate surface area is 83.2 Å². The first kappa shape index (κ1) is 12.7. The van der Waals surface area contributed by atoms with Crippen LogP contribution in [0.2, 0.25) is 0 Å². The minimum atomic E-state index is 0.365. The molecule has 1 nitrogen and oxygen atoms in total. The largest absolute Gasteiger partial charge is 0.381 e. The van der Waals surface area contributed by atoms with E-state index in [1.807, 2.05) is 0 Å². The number of unbranched alkanes of at least 4 members (excludes halogenated alkanes) is 2. The van der Waals surface area contributed by atoms with E-state index in [2.05, 4.69) is 27.4 Å². The molecule has 0 aromatic rings. The minimum absolute atomic E-state index is 0.365. The molecular formula is C12H24O. The maximum Gasteiger partial charge on any atom is 0.0633 e. The van der Waals surface area contributed by atoms with E-state index in [0.717, 1.165) is 0 Å². The van der Waals surface area contributed by atoms with Crippen LogP contribution in [0.5, 0.6) is 0 Å². The maximum absolute atomic E-state index is 5.46. The van der Waals surface area contributed by atoms with Gasteiger partial charge in [-0.2, -0.15) is 0 Å². The van der Waals surface area contributed by atoms with Gasteiger partial charge in [-0.3, -0.25) is 0 Å². The zero-order chi connectivity index (χ0) is 10.3. The fourth-order valence-electron chi connectivity index (χ4n) is 1.48. The number of hydrogen-bond donors (Lipinski definition) is 0. The van der Waals surface area contributed by atoms with Crippen LogP contribution in [-0.4, -0.2) is 13.2 Å². The Morgan fingerprint density at radius 1 is 1.38 bits per heavy atom. The Kier molecular flexibility index (Phi) is 6.97. The molecule has 0 heterocycles. The highest BCUT2D eigenvalue weighted by molar-refractivity contribution is 4.97. The molecule has 0 aliphatic carbocycles. The maximum atomic E-state index is 5.46. The summed E-state index contributed by atoms with van der Waals surface area (Å²) < 4.78 is 5.46. The standard InChI is InChI=1S/C12H24O/c1-6-7-8-9-12(13-5)11(4)10(2)3/h11-12H,2,6-9H2,1,3-5H3/t11-,12+/m1/s1. The predicted molar refractivity (Wildman–Crippen MR) is 58.9 cm³/mol. The van der Waals surface area contributed by atoms with Gasteiger partial charge in [-0.25, -0.2) is 0 Å². The highest BCUT2D eigenvalue weighted by Gasteiger charge is 2.16. The molecular weight excluding hydrogens is 160 g/mol. The average molecular weight is 184 g/mol. The lowest BCUT2D eigenvalue weighted by atomic mass is 9.93. The second-order valence-electron chi connectivity index (χ2n) is 3.90. The topological polar surface area (TPSA) is 9.23 Å². The van der Waals surface area contributed by atoms with Crippen LogP contribution in [-0.2, 0) is 4.74 Å². The van der Waals surface area contributed by atoms with E-state index in [0.29, 0.717) is 12.0 Å². The molecule has 0 saturated carbocycles. The van der Waals surface area contributed by atoms with Crippen molar-refractivity contribution in [3.8, 4) is 0 Å². The molecule has 0 aliphatic heterocycles. The summed E-state index contributed by atoms with van der Waals surface area (Å²) in [6, 6.07) is 0. The molecule has 0 rings (SSSR count). The Hall–Kier alpha value is -0.300. The number of rotatable bonds is 7. The van der Waals surface area contributed by atoms with Gasteiger partial charge in [-0.05, 0) is 13.3 Å². The molecule has 0 amide bonds. The Morgan fingerprint density at radius 3 is 2.38 bits per heavy atom. The third kappa shape index (κ3) is 5.09. The van der Waals surface area contributed by atoms with Crippen molar-refractivity contribution >= 4 is 0 Å². The van der Waals surface area contributed by atoms with Crippen molar-refractivity contribution in [1.29, 1.82) is 0 Å². The van der Waals surface area contributed by atoms with Crippen molar-refractivity contribution in [3.63, 3.8) is 0 Å². The lowest BCUT2D eigenvalue weighted by Gasteiger charge is -2.22. The summed E-state index contributed by atoms with van der Waals surface area (Å²) >= 11 is 0. The summed E-state index contributed by atoms with van der Waals surface area (Å²) in [5.74, 6) is 0.488. The Balaban J connectivity index is 3.80. The molecule has 13 heavy (non-hydrogen) atoms. The lowest BCUT2D eigenvalue weighted by molar-refractivity contribution is 0.0617. The number of hydrogen-bond acceptors (Lipinski definition) is 1. The second kappa shape index (κ2) is 7.14. The zero-order valence-corrected chi connectivity index (χ0v) is 9.60. The van der Waals surface area contributed by atoms with E-state index in [9.17, 15) is 0 Å². The van der Waals surface area contributed by atoms with Crippen LogP contribution in [0.25, 0.3) is 0 Å². The van der Waals surface area contributed by atoms with Gasteiger partial charge in [0.15, 0.2) is 0 Å². The van der Waals surface area contributed by atoms with Gasteiger partial charge in [-0.15, -0.1) is 0 Å². The normalized spacial score (nSPS) is 15.4. The molecule has 0 N–H and O–H groups in total. The summed E-state index contributed by atoms with van der Waals surface area (Å²) in [4.78, 5) is 0. The van der Waals surface area contributed by atoms with E-state index >= 15 is 0 Å². The van der Waals surface area contributed by atoms with Crippen molar-refractivity contribution in [1.82, 2.24) is 0 Å². The van der Waals surface area contributed by atoms with Crippen LogP contribution < -0.4 is 0 Å². The van der Waals surface area contributed by atoms with Crippen molar-refractivity contribution in [3.05, 3.63) is 12.2 Å². The van der Waals surface area contributed by atoms with Gasteiger partial charge in [0.2, 0.25) is 0 Å². The van der Waals surface area contributed by atoms with E-state index in [1.165, 1.54) is 31.3 Å². The summed E-state index contributed by atoms with van der Waals surface area (Å²) in [7, 11) is 1.80. The monoisotopic (exact) mass is 184 g/mol. The van der Waals surface area contributed by atoms with Crippen LogP contribution >= 0.6 is 0 Å². The highest BCUT2D eigenvalue weighted by atomic mass is 16.5. The first-order chi connectivity index (χ1) is 6.13. The van der Waals surface area contributed by atoms with E-state index < -0.39 is 0 Å². The van der Waals surface area contributed by atoms with Crippen LogP contribution in [0.4, 0.5) is 0 Å².